The molecule has 0 rings (SSSR count). The summed E-state index contributed by atoms with van der Waals surface area (Å²) in [5.74, 6) is -0.352. The Balaban J connectivity index is 3.22. The molecular weight excluding hydrogens is 132 g/mol. The average Bonchev–Trinajstić information content (AvgIpc) is 1.88. The third-order valence-corrected chi connectivity index (χ3v) is 0.968. The van der Waals surface area contributed by atoms with Gasteiger partial charge in [-0.2, -0.15) is 0 Å². The van der Waals surface area contributed by atoms with E-state index in [4.69, 9.17) is 10.5 Å². The van der Waals surface area contributed by atoms with Crippen LogP contribution in [-0.2, 0) is 9.53 Å². The van der Waals surface area contributed by atoms with Gasteiger partial charge in [0.1, 0.15) is 12.6 Å². The van der Waals surface area contributed by atoms with Gasteiger partial charge >= 0.3 is 5.97 Å². The van der Waals surface area contributed by atoms with Crippen LogP contribution in [0.25, 0.3) is 0 Å². The van der Waals surface area contributed by atoms with E-state index in [9.17, 15) is 4.79 Å². The van der Waals surface area contributed by atoms with Gasteiger partial charge < -0.3 is 15.8 Å². The van der Waals surface area contributed by atoms with Gasteiger partial charge in [-0.25, -0.2) is 0 Å². The van der Waals surface area contributed by atoms with Crippen LogP contribution < -0.4 is 11.1 Å². The molecule has 0 fully saturated rings. The molecule has 0 radical (unpaired) electrons. The van der Waals surface area contributed by atoms with Crippen LogP contribution in [0.2, 0.25) is 0 Å². The molecule has 1 atom stereocenters. The van der Waals surface area contributed by atoms with Gasteiger partial charge in [-0.15, -0.1) is 0 Å². The van der Waals surface area contributed by atoms with Crippen molar-refractivity contribution in [3.8, 4) is 0 Å². The quantitative estimate of drug-likeness (QED) is 0.398. The SMILES string of the molecule is CNCCOC(=O)[C@H](C)N. The molecule has 0 aromatic carbocycles. The summed E-state index contributed by atoms with van der Waals surface area (Å²) in [6.07, 6.45) is 0. The molecule has 4 heteroatoms. The van der Waals surface area contributed by atoms with E-state index >= 15 is 0 Å². The maximum atomic E-state index is 10.6. The van der Waals surface area contributed by atoms with Crippen LogP contribution in [0.3, 0.4) is 0 Å². The van der Waals surface area contributed by atoms with Crippen LogP contribution in [0.5, 0.6) is 0 Å². The maximum absolute atomic E-state index is 10.6. The average molecular weight is 146 g/mol. The third-order valence-electron chi connectivity index (χ3n) is 0.968. The Labute approximate surface area is 60.7 Å². The molecule has 0 aliphatic heterocycles. The lowest BCUT2D eigenvalue weighted by molar-refractivity contribution is -0.144. The van der Waals surface area contributed by atoms with E-state index in [-0.39, 0.29) is 5.97 Å². The van der Waals surface area contributed by atoms with Crippen molar-refractivity contribution in [1.29, 1.82) is 0 Å². The van der Waals surface area contributed by atoms with Crippen molar-refractivity contribution in [1.82, 2.24) is 5.32 Å². The number of carbonyl (C=O) groups is 1. The number of rotatable bonds is 4. The van der Waals surface area contributed by atoms with Gasteiger partial charge in [0.05, 0.1) is 0 Å². The number of esters is 1. The van der Waals surface area contributed by atoms with Crippen LogP contribution in [-0.4, -0.2) is 32.2 Å². The van der Waals surface area contributed by atoms with E-state index in [0.29, 0.717) is 13.2 Å². The Bertz CT molecular complexity index is 104. The van der Waals surface area contributed by atoms with E-state index < -0.39 is 6.04 Å². The molecule has 0 spiro atoms. The molecule has 0 saturated carbocycles. The van der Waals surface area contributed by atoms with Crippen LogP contribution in [0.4, 0.5) is 0 Å². The van der Waals surface area contributed by atoms with Gasteiger partial charge in [0.15, 0.2) is 0 Å². The Kier molecular flexibility index (Phi) is 4.88. The number of nitrogens with one attached hydrogen (secondary N) is 1. The molecular formula is C6H14N2O2. The van der Waals surface area contributed by atoms with Crippen molar-refractivity contribution in [3.05, 3.63) is 0 Å². The van der Waals surface area contributed by atoms with Gasteiger partial charge in [0.25, 0.3) is 0 Å². The van der Waals surface area contributed by atoms with Gasteiger partial charge in [-0.05, 0) is 14.0 Å². The molecule has 0 aliphatic carbocycles. The van der Waals surface area contributed by atoms with Crippen LogP contribution in [0, 0.1) is 0 Å². The highest BCUT2D eigenvalue weighted by Crippen LogP contribution is 1.81. The molecule has 0 aromatic heterocycles. The summed E-state index contributed by atoms with van der Waals surface area (Å²) < 4.78 is 4.72. The van der Waals surface area contributed by atoms with Crippen LogP contribution >= 0.6 is 0 Å². The minimum atomic E-state index is -0.517. The lowest BCUT2D eigenvalue weighted by Crippen LogP contribution is -2.30. The van der Waals surface area contributed by atoms with E-state index in [1.165, 1.54) is 0 Å². The summed E-state index contributed by atoms with van der Waals surface area (Å²) in [6.45, 7) is 2.65. The third kappa shape index (κ3) is 4.29. The van der Waals surface area contributed by atoms with E-state index in [1.807, 2.05) is 0 Å². The van der Waals surface area contributed by atoms with Crippen LogP contribution in [0.15, 0.2) is 0 Å². The summed E-state index contributed by atoms with van der Waals surface area (Å²) >= 11 is 0. The highest BCUT2D eigenvalue weighted by Gasteiger charge is 2.06. The Morgan fingerprint density at radius 2 is 2.40 bits per heavy atom. The highest BCUT2D eigenvalue weighted by molar-refractivity contribution is 5.74. The number of hydrogen-bond donors (Lipinski definition) is 2. The fourth-order valence-electron chi connectivity index (χ4n) is 0.385. The number of ether oxygens (including phenoxy) is 1. The fraction of sp³-hybridized carbons (Fsp3) is 0.833. The minimum absolute atomic E-state index is 0.352. The molecule has 3 N–H and O–H groups in total. The van der Waals surface area contributed by atoms with Crippen molar-refractivity contribution in [2.75, 3.05) is 20.2 Å². The molecule has 60 valence electrons. The lowest BCUT2D eigenvalue weighted by Gasteiger charge is -2.05. The first-order valence-electron chi connectivity index (χ1n) is 3.25. The van der Waals surface area contributed by atoms with Crippen molar-refractivity contribution < 1.29 is 9.53 Å². The number of nitrogens with two attached hydrogens (primary N) is 1. The fourth-order valence-corrected chi connectivity index (χ4v) is 0.385. The maximum Gasteiger partial charge on any atom is 0.322 e. The smallest absolute Gasteiger partial charge is 0.322 e. The molecule has 0 amide bonds. The summed E-state index contributed by atoms with van der Waals surface area (Å²) in [5.41, 5.74) is 5.22. The van der Waals surface area contributed by atoms with Gasteiger partial charge in [-0.3, -0.25) is 4.79 Å². The van der Waals surface area contributed by atoms with E-state index in [0.717, 1.165) is 0 Å². The van der Waals surface area contributed by atoms with Gasteiger partial charge in [0.2, 0.25) is 0 Å². The zero-order valence-corrected chi connectivity index (χ0v) is 6.39. The summed E-state index contributed by atoms with van der Waals surface area (Å²) in [7, 11) is 1.79. The number of hydrogen-bond acceptors (Lipinski definition) is 4. The molecule has 0 saturated heterocycles. The van der Waals surface area contributed by atoms with Crippen LogP contribution in [0.1, 0.15) is 6.92 Å². The normalized spacial score (nSPS) is 12.7. The second-order valence-electron chi connectivity index (χ2n) is 2.06. The Morgan fingerprint density at radius 3 is 2.80 bits per heavy atom. The number of carbonyl (C=O) groups excluding carboxylic acids is 1. The predicted octanol–water partition coefficient (Wildman–Crippen LogP) is -0.904. The zero-order valence-electron chi connectivity index (χ0n) is 6.39. The highest BCUT2D eigenvalue weighted by atomic mass is 16.5. The van der Waals surface area contributed by atoms with Gasteiger partial charge in [-0.1, -0.05) is 0 Å². The first kappa shape index (κ1) is 9.39. The largest absolute Gasteiger partial charge is 0.463 e. The second-order valence-corrected chi connectivity index (χ2v) is 2.06. The number of likely N-dealkylation sites (N-methyl/N-ethyl adjacent to an activating group) is 1. The second kappa shape index (κ2) is 5.20. The molecule has 0 aliphatic rings. The summed E-state index contributed by atoms with van der Waals surface area (Å²) in [4.78, 5) is 10.6. The molecule has 0 heterocycles. The molecule has 0 unspecified atom stereocenters. The minimum Gasteiger partial charge on any atom is -0.463 e. The molecule has 4 nitrogen and oxygen atoms in total. The van der Waals surface area contributed by atoms with Crippen molar-refractivity contribution in [3.63, 3.8) is 0 Å². The van der Waals surface area contributed by atoms with Crippen molar-refractivity contribution >= 4 is 5.97 Å². The Hall–Kier alpha value is -0.610. The Morgan fingerprint density at radius 1 is 1.80 bits per heavy atom. The van der Waals surface area contributed by atoms with Crippen molar-refractivity contribution in [2.24, 2.45) is 5.73 Å². The van der Waals surface area contributed by atoms with E-state index in [2.05, 4.69) is 5.32 Å². The molecule has 10 heavy (non-hydrogen) atoms. The summed E-state index contributed by atoms with van der Waals surface area (Å²) in [5, 5.41) is 2.84. The lowest BCUT2D eigenvalue weighted by atomic mass is 10.4. The zero-order chi connectivity index (χ0) is 7.98. The van der Waals surface area contributed by atoms with Gasteiger partial charge in [0, 0.05) is 6.54 Å². The first-order chi connectivity index (χ1) is 4.68. The monoisotopic (exact) mass is 146 g/mol. The summed E-state index contributed by atoms with van der Waals surface area (Å²) in [6, 6.07) is -0.517. The molecule has 0 aromatic rings. The van der Waals surface area contributed by atoms with Crippen molar-refractivity contribution in [2.45, 2.75) is 13.0 Å². The van der Waals surface area contributed by atoms with E-state index in [1.54, 1.807) is 14.0 Å². The topological polar surface area (TPSA) is 64.3 Å². The predicted molar refractivity (Wildman–Crippen MR) is 38.5 cm³/mol. The first-order valence-corrected chi connectivity index (χ1v) is 3.25. The molecule has 0 bridgehead atoms. The standard InChI is InChI=1S/C6H14N2O2/c1-5(7)6(9)10-4-3-8-2/h5,8H,3-4,7H2,1-2H3/t5-/m0/s1.